The SMILES string of the molecule is Br.CN1CC(=O)N(CCCN=[N+]=[N-])C1=N. The molecule has 0 aliphatic carbocycles. The largest absolute Gasteiger partial charge is 0.336 e. The molecule has 0 atom stereocenters. The maximum absolute atomic E-state index is 11.3. The minimum atomic E-state index is -0.0709. The van der Waals surface area contributed by atoms with Crippen molar-refractivity contribution in [2.75, 3.05) is 26.7 Å². The molecule has 0 bridgehead atoms. The van der Waals surface area contributed by atoms with Gasteiger partial charge in [-0.3, -0.25) is 15.1 Å². The molecule has 84 valence electrons. The maximum Gasteiger partial charge on any atom is 0.248 e. The molecular formula is C7H13BrN6O. The number of nitrogens with one attached hydrogen (secondary N) is 1. The third kappa shape index (κ3) is 3.41. The fraction of sp³-hybridized carbons (Fsp3) is 0.714. The summed E-state index contributed by atoms with van der Waals surface area (Å²) in [4.78, 5) is 16.9. The molecule has 1 aliphatic rings. The lowest BCUT2D eigenvalue weighted by Crippen LogP contribution is -2.33. The number of likely N-dealkylation sites (N-methyl/N-ethyl adjacent to an activating group) is 1. The normalized spacial score (nSPS) is 15.0. The lowest BCUT2D eigenvalue weighted by molar-refractivity contribution is -0.125. The topological polar surface area (TPSA) is 96.2 Å². The van der Waals surface area contributed by atoms with Gasteiger partial charge in [0.1, 0.15) is 0 Å². The molecular weight excluding hydrogens is 264 g/mol. The number of rotatable bonds is 4. The number of azide groups is 1. The molecule has 0 saturated carbocycles. The number of amides is 1. The molecule has 1 N–H and O–H groups in total. The summed E-state index contributed by atoms with van der Waals surface area (Å²) in [6.45, 7) is 1.07. The van der Waals surface area contributed by atoms with Crippen molar-refractivity contribution in [2.45, 2.75) is 6.42 Å². The van der Waals surface area contributed by atoms with Crippen molar-refractivity contribution in [3.8, 4) is 0 Å². The van der Waals surface area contributed by atoms with Crippen molar-refractivity contribution in [2.24, 2.45) is 5.11 Å². The van der Waals surface area contributed by atoms with Crippen molar-refractivity contribution in [1.82, 2.24) is 9.80 Å². The number of nitrogens with zero attached hydrogens (tertiary/aromatic N) is 5. The highest BCUT2D eigenvalue weighted by atomic mass is 79.9. The maximum atomic E-state index is 11.3. The predicted octanol–water partition coefficient (Wildman–Crippen LogP) is 0.973. The van der Waals surface area contributed by atoms with Crippen molar-refractivity contribution in [3.63, 3.8) is 0 Å². The van der Waals surface area contributed by atoms with Gasteiger partial charge in [-0.1, -0.05) is 5.11 Å². The molecule has 1 saturated heterocycles. The molecule has 0 aromatic carbocycles. The van der Waals surface area contributed by atoms with Crippen LogP contribution in [0.15, 0.2) is 5.11 Å². The Morgan fingerprint density at radius 2 is 2.33 bits per heavy atom. The number of guanidine groups is 1. The van der Waals surface area contributed by atoms with Gasteiger partial charge in [0.25, 0.3) is 0 Å². The van der Waals surface area contributed by atoms with Gasteiger partial charge in [0.15, 0.2) is 0 Å². The number of halogens is 1. The lowest BCUT2D eigenvalue weighted by atomic mass is 10.4. The van der Waals surface area contributed by atoms with E-state index >= 15 is 0 Å². The van der Waals surface area contributed by atoms with Crippen molar-refractivity contribution < 1.29 is 4.79 Å². The van der Waals surface area contributed by atoms with E-state index in [0.29, 0.717) is 19.5 Å². The molecule has 7 nitrogen and oxygen atoms in total. The quantitative estimate of drug-likeness (QED) is 0.358. The zero-order valence-corrected chi connectivity index (χ0v) is 10.1. The van der Waals surface area contributed by atoms with Crippen LogP contribution in [0.1, 0.15) is 6.42 Å². The molecule has 15 heavy (non-hydrogen) atoms. The molecule has 1 rings (SSSR count). The van der Waals surface area contributed by atoms with Gasteiger partial charge in [0, 0.05) is 25.0 Å². The van der Waals surface area contributed by atoms with Crippen molar-refractivity contribution in [1.29, 1.82) is 5.41 Å². The summed E-state index contributed by atoms with van der Waals surface area (Å²) in [6.07, 6.45) is 0.589. The summed E-state index contributed by atoms with van der Waals surface area (Å²) in [5.41, 5.74) is 8.03. The molecule has 8 heteroatoms. The molecule has 1 fully saturated rings. The Labute approximate surface area is 97.9 Å². The average Bonchev–Trinajstić information content (AvgIpc) is 2.38. The molecule has 0 spiro atoms. The van der Waals surface area contributed by atoms with Crippen LogP contribution in [0.3, 0.4) is 0 Å². The van der Waals surface area contributed by atoms with Crippen LogP contribution in [0.2, 0.25) is 0 Å². The van der Waals surface area contributed by atoms with Crippen LogP contribution >= 0.6 is 17.0 Å². The standard InChI is InChI=1S/C7H12N6O.BrH/c1-12-5-6(14)13(7(12)8)4-2-3-10-11-9;/h8H,2-5H2,1H3;1H. The van der Waals surface area contributed by atoms with E-state index in [1.165, 1.54) is 4.90 Å². The zero-order valence-electron chi connectivity index (χ0n) is 8.38. The summed E-state index contributed by atoms with van der Waals surface area (Å²) >= 11 is 0. The highest BCUT2D eigenvalue weighted by Gasteiger charge is 2.29. The third-order valence-corrected chi connectivity index (χ3v) is 1.99. The molecule has 1 aliphatic heterocycles. The fourth-order valence-electron chi connectivity index (χ4n) is 1.26. The van der Waals surface area contributed by atoms with Crippen LogP contribution in [-0.4, -0.2) is 48.3 Å². The van der Waals surface area contributed by atoms with Gasteiger partial charge in [-0.25, -0.2) is 0 Å². The number of carbonyl (C=O) groups excluding carboxylic acids is 1. The molecule has 0 unspecified atom stereocenters. The Morgan fingerprint density at radius 3 is 2.80 bits per heavy atom. The Hall–Kier alpha value is -1.27. The first-order valence-corrected chi connectivity index (χ1v) is 4.27. The van der Waals surface area contributed by atoms with E-state index in [2.05, 4.69) is 10.0 Å². The van der Waals surface area contributed by atoms with Crippen LogP contribution in [0.5, 0.6) is 0 Å². The summed E-state index contributed by atoms with van der Waals surface area (Å²) in [6, 6.07) is 0. The number of carbonyl (C=O) groups is 1. The summed E-state index contributed by atoms with van der Waals surface area (Å²) < 4.78 is 0. The minimum absolute atomic E-state index is 0. The molecule has 0 radical (unpaired) electrons. The second kappa shape index (κ2) is 6.26. The van der Waals surface area contributed by atoms with Crippen molar-refractivity contribution >= 4 is 28.8 Å². The molecule has 1 amide bonds. The first-order chi connectivity index (χ1) is 6.66. The van der Waals surface area contributed by atoms with Gasteiger partial charge in [-0.05, 0) is 12.0 Å². The Kier molecular flexibility index (Phi) is 5.73. The highest BCUT2D eigenvalue weighted by molar-refractivity contribution is 8.93. The van der Waals surface area contributed by atoms with Gasteiger partial charge in [0.2, 0.25) is 11.9 Å². The van der Waals surface area contributed by atoms with Gasteiger partial charge >= 0.3 is 0 Å². The van der Waals surface area contributed by atoms with Crippen LogP contribution in [0, 0.1) is 5.41 Å². The fourth-order valence-corrected chi connectivity index (χ4v) is 1.26. The summed E-state index contributed by atoms with van der Waals surface area (Å²) in [5.74, 6) is 0.148. The summed E-state index contributed by atoms with van der Waals surface area (Å²) in [5, 5.41) is 10.9. The second-order valence-corrected chi connectivity index (χ2v) is 3.03. The minimum Gasteiger partial charge on any atom is -0.336 e. The van der Waals surface area contributed by atoms with Gasteiger partial charge < -0.3 is 4.90 Å². The van der Waals surface area contributed by atoms with E-state index < -0.39 is 0 Å². The third-order valence-electron chi connectivity index (χ3n) is 1.99. The number of hydrogen-bond acceptors (Lipinski definition) is 3. The highest BCUT2D eigenvalue weighted by Crippen LogP contribution is 2.06. The monoisotopic (exact) mass is 276 g/mol. The predicted molar refractivity (Wildman–Crippen MR) is 61.0 cm³/mol. The Balaban J connectivity index is 0.00000196. The lowest BCUT2D eigenvalue weighted by Gasteiger charge is -2.15. The smallest absolute Gasteiger partial charge is 0.248 e. The Morgan fingerprint density at radius 1 is 1.67 bits per heavy atom. The van der Waals surface area contributed by atoms with E-state index in [-0.39, 0.29) is 35.4 Å². The first kappa shape index (κ1) is 13.7. The van der Waals surface area contributed by atoms with Crippen molar-refractivity contribution in [3.05, 3.63) is 10.4 Å². The Bertz CT molecular complexity index is 300. The van der Waals surface area contributed by atoms with E-state index in [0.717, 1.165) is 0 Å². The molecule has 1 heterocycles. The van der Waals surface area contributed by atoms with E-state index in [1.54, 1.807) is 11.9 Å². The zero-order chi connectivity index (χ0) is 10.6. The van der Waals surface area contributed by atoms with Crippen LogP contribution in [0.25, 0.3) is 10.4 Å². The van der Waals surface area contributed by atoms with E-state index in [9.17, 15) is 4.79 Å². The van der Waals surface area contributed by atoms with Crippen LogP contribution in [0.4, 0.5) is 0 Å². The summed E-state index contributed by atoms with van der Waals surface area (Å²) in [7, 11) is 1.70. The van der Waals surface area contributed by atoms with E-state index in [1.807, 2.05) is 0 Å². The number of hydrogen-bond donors (Lipinski definition) is 1. The average molecular weight is 277 g/mol. The van der Waals surface area contributed by atoms with Gasteiger partial charge in [-0.15, -0.1) is 17.0 Å². The van der Waals surface area contributed by atoms with Gasteiger partial charge in [-0.2, -0.15) is 0 Å². The van der Waals surface area contributed by atoms with E-state index in [4.69, 9.17) is 10.9 Å². The first-order valence-electron chi connectivity index (χ1n) is 4.27. The second-order valence-electron chi connectivity index (χ2n) is 3.03. The van der Waals surface area contributed by atoms with Crippen LogP contribution in [-0.2, 0) is 4.79 Å². The molecule has 0 aromatic heterocycles. The van der Waals surface area contributed by atoms with Gasteiger partial charge in [0.05, 0.1) is 6.54 Å². The van der Waals surface area contributed by atoms with Crippen LogP contribution < -0.4 is 0 Å². The molecule has 0 aromatic rings.